The zero-order valence-electron chi connectivity index (χ0n) is 23.6. The van der Waals surface area contributed by atoms with Gasteiger partial charge in [0.15, 0.2) is 0 Å². The lowest BCUT2D eigenvalue weighted by Crippen LogP contribution is -2.52. The van der Waals surface area contributed by atoms with E-state index < -0.39 is 28.5 Å². The molecule has 8 nitrogen and oxygen atoms in total. The third-order valence-electron chi connectivity index (χ3n) is 6.63. The summed E-state index contributed by atoms with van der Waals surface area (Å²) in [6, 6.07) is 16.1. The number of anilines is 1. The van der Waals surface area contributed by atoms with Crippen LogP contribution in [-0.4, -0.2) is 51.4 Å². The average Bonchev–Trinajstić information content (AvgIpc) is 2.97. The van der Waals surface area contributed by atoms with Gasteiger partial charge < -0.3 is 15.0 Å². The molecule has 0 saturated heterocycles. The molecule has 0 aromatic heterocycles. The summed E-state index contributed by atoms with van der Waals surface area (Å²) in [6.45, 7) is 3.51. The highest BCUT2D eigenvalue weighted by Crippen LogP contribution is 2.30. The van der Waals surface area contributed by atoms with E-state index in [1.807, 2.05) is 6.92 Å². The highest BCUT2D eigenvalue weighted by molar-refractivity contribution is 7.92. The quantitative estimate of drug-likeness (QED) is 0.198. The van der Waals surface area contributed by atoms with Crippen molar-refractivity contribution in [3.8, 4) is 5.75 Å². The molecule has 0 saturated carbocycles. The zero-order valence-corrected chi connectivity index (χ0v) is 26.7. The second-order valence-electron chi connectivity index (χ2n) is 9.46. The molecule has 3 aromatic carbocycles. The van der Waals surface area contributed by atoms with Crippen molar-refractivity contribution in [3.63, 3.8) is 0 Å². The first-order chi connectivity index (χ1) is 20.0. The van der Waals surface area contributed by atoms with Gasteiger partial charge in [0.1, 0.15) is 18.3 Å². The number of amides is 2. The molecule has 226 valence electrons. The van der Waals surface area contributed by atoms with E-state index in [2.05, 4.69) is 5.32 Å². The fourth-order valence-electron chi connectivity index (χ4n) is 4.31. The summed E-state index contributed by atoms with van der Waals surface area (Å²) in [4.78, 5) is 28.7. The molecule has 0 aliphatic rings. The molecule has 1 atom stereocenters. The summed E-state index contributed by atoms with van der Waals surface area (Å²) < 4.78 is 34.1. The van der Waals surface area contributed by atoms with Gasteiger partial charge in [-0.05, 0) is 67.4 Å². The SMILES string of the molecule is CCCCNC(=O)[C@@H](CC)N(Cc1c(Cl)cccc1Cl)C(=O)CN(c1cccc(Cl)c1)S(=O)(=O)c1ccc(OC)cc1. The van der Waals surface area contributed by atoms with Crippen molar-refractivity contribution in [1.29, 1.82) is 0 Å². The molecule has 3 aromatic rings. The summed E-state index contributed by atoms with van der Waals surface area (Å²) >= 11 is 19.1. The summed E-state index contributed by atoms with van der Waals surface area (Å²) in [5, 5.41) is 3.81. The normalized spacial score (nSPS) is 12.0. The van der Waals surface area contributed by atoms with Gasteiger partial charge in [0, 0.05) is 33.7 Å². The third-order valence-corrected chi connectivity index (χ3v) is 9.36. The number of carbonyl (C=O) groups excluding carboxylic acids is 2. The molecule has 0 heterocycles. The van der Waals surface area contributed by atoms with Crippen molar-refractivity contribution in [2.24, 2.45) is 0 Å². The first-order valence-corrected chi connectivity index (χ1v) is 16.0. The number of nitrogens with zero attached hydrogens (tertiary/aromatic N) is 2. The lowest BCUT2D eigenvalue weighted by atomic mass is 10.1. The molecule has 3 rings (SSSR count). The number of carbonyl (C=O) groups is 2. The van der Waals surface area contributed by atoms with Gasteiger partial charge in [-0.25, -0.2) is 8.42 Å². The minimum Gasteiger partial charge on any atom is -0.497 e. The lowest BCUT2D eigenvalue weighted by molar-refractivity contribution is -0.140. The van der Waals surface area contributed by atoms with Gasteiger partial charge in [0.05, 0.1) is 17.7 Å². The minimum absolute atomic E-state index is 0.0545. The number of methoxy groups -OCH3 is 1. The number of rotatable bonds is 14. The molecule has 2 amide bonds. The number of hydrogen-bond donors (Lipinski definition) is 1. The Morgan fingerprint density at radius 2 is 1.60 bits per heavy atom. The molecular formula is C30H34Cl3N3O5S. The standard InChI is InChI=1S/C30H34Cl3N3O5S/c1-4-6-17-34-30(38)28(5-2)35(19-25-26(32)11-8-12-27(25)33)29(37)20-36(22-10-7-9-21(31)18-22)42(39,40)24-15-13-23(41-3)14-16-24/h7-16,18,28H,4-6,17,19-20H2,1-3H3,(H,34,38)/t28-/m1/s1. The van der Waals surface area contributed by atoms with Gasteiger partial charge in [-0.2, -0.15) is 0 Å². The average molecular weight is 655 g/mol. The van der Waals surface area contributed by atoms with Crippen LogP contribution in [0.5, 0.6) is 5.75 Å². The Hall–Kier alpha value is -2.98. The molecular weight excluding hydrogens is 621 g/mol. The summed E-state index contributed by atoms with van der Waals surface area (Å²) in [7, 11) is -2.79. The van der Waals surface area contributed by atoms with E-state index in [0.717, 1.165) is 17.1 Å². The predicted molar refractivity (Wildman–Crippen MR) is 168 cm³/mol. The zero-order chi connectivity index (χ0) is 30.9. The van der Waals surface area contributed by atoms with Crippen LogP contribution in [0.2, 0.25) is 15.1 Å². The summed E-state index contributed by atoms with van der Waals surface area (Å²) in [5.74, 6) is -0.502. The summed E-state index contributed by atoms with van der Waals surface area (Å²) in [5.41, 5.74) is 0.629. The molecule has 0 aliphatic heterocycles. The number of ether oxygens (including phenoxy) is 1. The Balaban J connectivity index is 2.08. The summed E-state index contributed by atoms with van der Waals surface area (Å²) in [6.07, 6.45) is 1.93. The van der Waals surface area contributed by atoms with Crippen LogP contribution in [-0.2, 0) is 26.2 Å². The molecule has 0 bridgehead atoms. The van der Waals surface area contributed by atoms with Gasteiger partial charge in [-0.15, -0.1) is 0 Å². The molecule has 0 radical (unpaired) electrons. The van der Waals surface area contributed by atoms with Crippen LogP contribution in [0, 0.1) is 0 Å². The van der Waals surface area contributed by atoms with E-state index >= 15 is 0 Å². The number of sulfonamides is 1. The van der Waals surface area contributed by atoms with Gasteiger partial charge in [0.2, 0.25) is 11.8 Å². The first-order valence-electron chi connectivity index (χ1n) is 13.5. The smallest absolute Gasteiger partial charge is 0.264 e. The molecule has 42 heavy (non-hydrogen) atoms. The third kappa shape index (κ3) is 8.31. The van der Waals surface area contributed by atoms with E-state index in [-0.39, 0.29) is 34.5 Å². The highest BCUT2D eigenvalue weighted by Gasteiger charge is 2.34. The van der Waals surface area contributed by atoms with Crippen molar-refractivity contribution in [2.75, 3.05) is 24.5 Å². The first kappa shape index (κ1) is 33.5. The van der Waals surface area contributed by atoms with E-state index in [1.165, 1.54) is 42.3 Å². The number of nitrogens with one attached hydrogen (secondary N) is 1. The fourth-order valence-corrected chi connectivity index (χ4v) is 6.42. The molecule has 0 aliphatic carbocycles. The minimum atomic E-state index is -4.26. The largest absolute Gasteiger partial charge is 0.497 e. The second-order valence-corrected chi connectivity index (χ2v) is 12.6. The number of unbranched alkanes of at least 4 members (excludes halogenated alkanes) is 1. The van der Waals surface area contributed by atoms with Crippen LogP contribution >= 0.6 is 34.8 Å². The number of hydrogen-bond acceptors (Lipinski definition) is 5. The number of benzene rings is 3. The highest BCUT2D eigenvalue weighted by atomic mass is 35.5. The van der Waals surface area contributed by atoms with Crippen LogP contribution in [0.1, 0.15) is 38.7 Å². The Bertz CT molecular complexity index is 1470. The predicted octanol–water partition coefficient (Wildman–Crippen LogP) is 6.57. The van der Waals surface area contributed by atoms with Crippen LogP contribution < -0.4 is 14.4 Å². The van der Waals surface area contributed by atoms with Crippen LogP contribution in [0.4, 0.5) is 5.69 Å². The van der Waals surface area contributed by atoms with Gasteiger partial charge >= 0.3 is 0 Å². The van der Waals surface area contributed by atoms with Crippen molar-refractivity contribution in [3.05, 3.63) is 87.4 Å². The van der Waals surface area contributed by atoms with Crippen LogP contribution in [0.3, 0.4) is 0 Å². The molecule has 0 unspecified atom stereocenters. The topological polar surface area (TPSA) is 96.0 Å². The van der Waals surface area contributed by atoms with Crippen molar-refractivity contribution >= 4 is 62.3 Å². The maximum atomic E-state index is 14.2. The van der Waals surface area contributed by atoms with Gasteiger partial charge in [-0.1, -0.05) is 67.2 Å². The number of halogens is 3. The molecule has 12 heteroatoms. The van der Waals surface area contributed by atoms with Gasteiger partial charge in [0.25, 0.3) is 10.0 Å². The van der Waals surface area contributed by atoms with Crippen molar-refractivity contribution < 1.29 is 22.7 Å². The maximum absolute atomic E-state index is 14.2. The van der Waals surface area contributed by atoms with Crippen molar-refractivity contribution in [2.45, 2.75) is 50.6 Å². The Morgan fingerprint density at radius 3 is 2.17 bits per heavy atom. The fraction of sp³-hybridized carbons (Fsp3) is 0.333. The van der Waals surface area contributed by atoms with E-state index in [9.17, 15) is 18.0 Å². The van der Waals surface area contributed by atoms with Crippen LogP contribution in [0.25, 0.3) is 0 Å². The monoisotopic (exact) mass is 653 g/mol. The maximum Gasteiger partial charge on any atom is 0.264 e. The van der Waals surface area contributed by atoms with Gasteiger partial charge in [-0.3, -0.25) is 13.9 Å². The second kappa shape index (κ2) is 15.5. The Morgan fingerprint density at radius 1 is 0.952 bits per heavy atom. The van der Waals surface area contributed by atoms with Crippen molar-refractivity contribution in [1.82, 2.24) is 10.2 Å². The van der Waals surface area contributed by atoms with Crippen LogP contribution in [0.15, 0.2) is 71.6 Å². The molecule has 0 fully saturated rings. The van der Waals surface area contributed by atoms with E-state index in [4.69, 9.17) is 39.5 Å². The van der Waals surface area contributed by atoms with E-state index in [1.54, 1.807) is 43.3 Å². The van der Waals surface area contributed by atoms with E-state index in [0.29, 0.717) is 27.9 Å². The Labute approximate surface area is 262 Å². The lowest BCUT2D eigenvalue weighted by Gasteiger charge is -2.33. The molecule has 1 N–H and O–H groups in total. The molecule has 0 spiro atoms. The Kier molecular flexibility index (Phi) is 12.4.